The molecule has 1 N–H and O–H groups in total. The largest absolute Gasteiger partial charge is 0.388 e. The average molecular weight is 232 g/mol. The molecule has 92 valence electrons. The lowest BCUT2D eigenvalue weighted by molar-refractivity contribution is 0.455. The van der Waals surface area contributed by atoms with Gasteiger partial charge >= 0.3 is 0 Å². The summed E-state index contributed by atoms with van der Waals surface area (Å²) in [5, 5.41) is 8.20. The zero-order valence-corrected chi connectivity index (χ0v) is 10.7. The normalized spacial score (nSPS) is 12.4. The zero-order valence-electron chi connectivity index (χ0n) is 10.7. The quantitative estimate of drug-likeness (QED) is 0.875. The van der Waals surface area contributed by atoms with Gasteiger partial charge in [0.1, 0.15) is 0 Å². The summed E-state index contributed by atoms with van der Waals surface area (Å²) in [6.07, 6.45) is 3.84. The molecule has 0 aliphatic carbocycles. The van der Waals surface area contributed by atoms with Gasteiger partial charge in [0, 0.05) is 25.1 Å². The van der Waals surface area contributed by atoms with Crippen molar-refractivity contribution in [1.29, 1.82) is 0 Å². The third kappa shape index (κ3) is 1.93. The zero-order chi connectivity index (χ0) is 12.4. The highest BCUT2D eigenvalue weighted by atomic mass is 16.5. The van der Waals surface area contributed by atoms with Crippen LogP contribution in [0.5, 0.6) is 0 Å². The van der Waals surface area contributed by atoms with Gasteiger partial charge in [0.25, 0.3) is 0 Å². The van der Waals surface area contributed by atoms with E-state index in [9.17, 15) is 0 Å². The summed E-state index contributed by atoms with van der Waals surface area (Å²) in [5.74, 6) is 0.467. The van der Waals surface area contributed by atoms with E-state index < -0.39 is 0 Å². The Morgan fingerprint density at radius 1 is 1.47 bits per heavy atom. The molecule has 1 aromatic carbocycles. The van der Waals surface area contributed by atoms with Crippen LogP contribution < -0.4 is 5.32 Å². The molecule has 3 heteroatoms. The van der Waals surface area contributed by atoms with Crippen molar-refractivity contribution in [3.63, 3.8) is 0 Å². The van der Waals surface area contributed by atoms with E-state index in [4.69, 9.17) is 4.52 Å². The number of aromatic nitrogens is 1. The van der Waals surface area contributed by atoms with E-state index >= 15 is 0 Å². The highest BCUT2D eigenvalue weighted by molar-refractivity contribution is 5.91. The van der Waals surface area contributed by atoms with E-state index in [0.717, 1.165) is 22.2 Å². The van der Waals surface area contributed by atoms with Crippen LogP contribution in [0.15, 0.2) is 28.9 Å². The van der Waals surface area contributed by atoms with Crippen LogP contribution in [0.2, 0.25) is 0 Å². The Bertz CT molecular complexity index is 558. The number of hydrogen-bond acceptors (Lipinski definition) is 3. The summed E-state index contributed by atoms with van der Waals surface area (Å²) in [6.45, 7) is 6.36. The molecule has 0 fully saturated rings. The number of benzene rings is 1. The Morgan fingerprint density at radius 2 is 2.24 bits per heavy atom. The van der Waals surface area contributed by atoms with Gasteiger partial charge in [-0.25, -0.2) is 0 Å². The Morgan fingerprint density at radius 3 is 2.82 bits per heavy atom. The average Bonchev–Trinajstić information content (AvgIpc) is 2.79. The molecule has 17 heavy (non-hydrogen) atoms. The third-order valence-electron chi connectivity index (χ3n) is 3.03. The van der Waals surface area contributed by atoms with Crippen LogP contribution in [-0.2, 0) is 0 Å². The van der Waals surface area contributed by atoms with E-state index in [1.165, 1.54) is 5.56 Å². The summed E-state index contributed by atoms with van der Waals surface area (Å²) in [5.41, 5.74) is 4.25. The second-order valence-electron chi connectivity index (χ2n) is 4.38. The van der Waals surface area contributed by atoms with Gasteiger partial charge in [0.2, 0.25) is 0 Å². The summed E-state index contributed by atoms with van der Waals surface area (Å²) < 4.78 is 5.39. The van der Waals surface area contributed by atoms with E-state index in [0.29, 0.717) is 5.92 Å². The molecular formula is C14H20N2O. The topological polar surface area (TPSA) is 38.1 Å². The summed E-state index contributed by atoms with van der Waals surface area (Å²) in [6, 6.07) is 4.25. The van der Waals surface area contributed by atoms with Crippen molar-refractivity contribution in [3.8, 4) is 0 Å². The van der Waals surface area contributed by atoms with Gasteiger partial charge in [0.15, 0.2) is 5.58 Å². The first-order chi connectivity index (χ1) is 8.19. The van der Waals surface area contributed by atoms with Crippen LogP contribution in [0.25, 0.3) is 16.7 Å². The Labute approximate surface area is 103 Å². The summed E-state index contributed by atoms with van der Waals surface area (Å²) >= 11 is 0. The fraction of sp³-hybridized carbons (Fsp3) is 0.357. The van der Waals surface area contributed by atoms with E-state index in [1.54, 1.807) is 6.20 Å². The minimum absolute atomic E-state index is 0. The highest BCUT2D eigenvalue weighted by Crippen LogP contribution is 2.30. The molecule has 0 spiro atoms. The van der Waals surface area contributed by atoms with Gasteiger partial charge in [-0.05, 0) is 24.5 Å². The standard InChI is InChI=1S/C14H18N2O.H2/c1-5-13(15-4)11-7-6-10(9(2)3)12-8-16-17-14(11)12;/h5-9,15H,1-4H3;1H/b13-5-;. The third-order valence-corrected chi connectivity index (χ3v) is 3.03. The van der Waals surface area contributed by atoms with Gasteiger partial charge in [0.05, 0.1) is 6.20 Å². The molecule has 1 heterocycles. The second-order valence-corrected chi connectivity index (χ2v) is 4.38. The first kappa shape index (κ1) is 11.7. The Kier molecular flexibility index (Phi) is 3.18. The maximum absolute atomic E-state index is 5.39. The van der Waals surface area contributed by atoms with Crippen LogP contribution >= 0.6 is 0 Å². The van der Waals surface area contributed by atoms with Crippen molar-refractivity contribution in [1.82, 2.24) is 10.5 Å². The molecule has 0 radical (unpaired) electrons. The van der Waals surface area contributed by atoms with E-state index in [2.05, 4.69) is 36.5 Å². The lowest BCUT2D eigenvalue weighted by Gasteiger charge is -2.10. The van der Waals surface area contributed by atoms with Gasteiger partial charge in [-0.1, -0.05) is 31.1 Å². The minimum atomic E-state index is 0. The molecule has 0 atom stereocenters. The van der Waals surface area contributed by atoms with Crippen molar-refractivity contribution >= 4 is 16.7 Å². The first-order valence-corrected chi connectivity index (χ1v) is 5.90. The summed E-state index contributed by atoms with van der Waals surface area (Å²) in [7, 11) is 1.91. The molecule has 0 amide bonds. The van der Waals surface area contributed by atoms with Gasteiger partial charge in [-0.2, -0.15) is 0 Å². The molecule has 0 saturated heterocycles. The van der Waals surface area contributed by atoms with Gasteiger partial charge in [-0.15, -0.1) is 0 Å². The molecule has 0 unspecified atom stereocenters. The molecule has 0 bridgehead atoms. The van der Waals surface area contributed by atoms with Crippen LogP contribution in [0.3, 0.4) is 0 Å². The van der Waals surface area contributed by atoms with Crippen LogP contribution in [0.4, 0.5) is 0 Å². The van der Waals surface area contributed by atoms with Gasteiger partial charge < -0.3 is 9.84 Å². The number of fused-ring (bicyclic) bond motifs is 1. The van der Waals surface area contributed by atoms with Crippen LogP contribution in [-0.4, -0.2) is 12.2 Å². The smallest absolute Gasteiger partial charge is 0.176 e. The van der Waals surface area contributed by atoms with Crippen LogP contribution in [0.1, 0.15) is 39.2 Å². The minimum Gasteiger partial charge on any atom is -0.388 e. The monoisotopic (exact) mass is 232 g/mol. The van der Waals surface area contributed by atoms with Crippen LogP contribution in [0, 0.1) is 0 Å². The van der Waals surface area contributed by atoms with Crippen molar-refractivity contribution in [2.75, 3.05) is 7.05 Å². The van der Waals surface area contributed by atoms with Crippen molar-refractivity contribution in [2.45, 2.75) is 26.7 Å². The fourth-order valence-electron chi connectivity index (χ4n) is 2.13. The number of allylic oxidation sites excluding steroid dienone is 1. The number of nitrogens with one attached hydrogen (secondary N) is 1. The molecular weight excluding hydrogens is 212 g/mol. The maximum atomic E-state index is 5.39. The second kappa shape index (κ2) is 4.62. The molecule has 2 rings (SSSR count). The molecule has 0 aliphatic rings. The number of hydrogen-bond donors (Lipinski definition) is 1. The lowest BCUT2D eigenvalue weighted by Crippen LogP contribution is -2.04. The Hall–Kier alpha value is -1.77. The molecule has 0 aliphatic heterocycles. The van der Waals surface area contributed by atoms with Crippen molar-refractivity contribution < 1.29 is 5.95 Å². The first-order valence-electron chi connectivity index (χ1n) is 5.90. The van der Waals surface area contributed by atoms with E-state index in [1.807, 2.05) is 20.0 Å². The highest BCUT2D eigenvalue weighted by Gasteiger charge is 2.14. The Balaban J connectivity index is 0.00000162. The predicted octanol–water partition coefficient (Wildman–Crippen LogP) is 3.78. The van der Waals surface area contributed by atoms with E-state index in [-0.39, 0.29) is 1.43 Å². The lowest BCUT2D eigenvalue weighted by atomic mass is 9.96. The van der Waals surface area contributed by atoms with Crippen molar-refractivity contribution in [3.05, 3.63) is 35.5 Å². The van der Waals surface area contributed by atoms with Gasteiger partial charge in [-0.3, -0.25) is 0 Å². The molecule has 3 nitrogen and oxygen atoms in total. The number of nitrogens with zero attached hydrogens (tertiary/aromatic N) is 1. The SMILES string of the molecule is C/C=C(\NC)c1ccc(C(C)C)c2cnoc12.[HH]. The predicted molar refractivity (Wildman–Crippen MR) is 72.9 cm³/mol. The summed E-state index contributed by atoms with van der Waals surface area (Å²) in [4.78, 5) is 0. The number of rotatable bonds is 3. The maximum Gasteiger partial charge on any atom is 0.176 e. The van der Waals surface area contributed by atoms with Crippen molar-refractivity contribution in [2.24, 2.45) is 0 Å². The molecule has 0 saturated carbocycles. The molecule has 2 aromatic rings. The molecule has 1 aromatic heterocycles. The fourth-order valence-corrected chi connectivity index (χ4v) is 2.13.